The summed E-state index contributed by atoms with van der Waals surface area (Å²) in [7, 11) is 0. The van der Waals surface area contributed by atoms with E-state index < -0.39 is 29.1 Å². The van der Waals surface area contributed by atoms with Gasteiger partial charge in [-0.1, -0.05) is 0 Å². The first-order chi connectivity index (χ1) is 12.3. The molecule has 3 N–H and O–H groups in total. The molecule has 0 aromatic heterocycles. The molecular weight excluding hydrogens is 352 g/mol. The molecule has 27 heavy (non-hydrogen) atoms. The normalized spacial score (nSPS) is 13.0. The van der Waals surface area contributed by atoms with E-state index in [1.807, 2.05) is 0 Å². The molecule has 0 spiro atoms. The van der Waals surface area contributed by atoms with Gasteiger partial charge in [0, 0.05) is 25.4 Å². The van der Waals surface area contributed by atoms with Gasteiger partial charge in [0.05, 0.1) is 19.6 Å². The average Bonchev–Trinajstić information content (AvgIpc) is 2.47. The Morgan fingerprint density at radius 3 is 2.00 bits per heavy atom. The third-order valence-electron chi connectivity index (χ3n) is 3.13. The van der Waals surface area contributed by atoms with Crippen LogP contribution in [0.25, 0.3) is 0 Å². The van der Waals surface area contributed by atoms with Crippen molar-refractivity contribution in [1.29, 1.82) is 0 Å². The number of hydrogen-bond acceptors (Lipinski definition) is 7. The molecule has 0 saturated carbocycles. The largest absolute Gasteiger partial charge is 0.460 e. The molecular formula is C19H36N2O6. The van der Waals surface area contributed by atoms with Crippen molar-refractivity contribution in [3.63, 3.8) is 0 Å². The minimum absolute atomic E-state index is 0.0435. The van der Waals surface area contributed by atoms with Gasteiger partial charge in [0.2, 0.25) is 5.91 Å². The molecule has 0 aliphatic rings. The van der Waals surface area contributed by atoms with Crippen molar-refractivity contribution in [2.45, 2.75) is 72.0 Å². The summed E-state index contributed by atoms with van der Waals surface area (Å²) >= 11 is 0. The fourth-order valence-corrected chi connectivity index (χ4v) is 2.17. The first-order valence-electron chi connectivity index (χ1n) is 9.33. The molecule has 0 aliphatic heterocycles. The molecule has 0 radical (unpaired) electrons. The van der Waals surface area contributed by atoms with E-state index in [4.69, 9.17) is 19.9 Å². The van der Waals surface area contributed by atoms with Crippen molar-refractivity contribution >= 4 is 17.8 Å². The van der Waals surface area contributed by atoms with Gasteiger partial charge >= 0.3 is 11.9 Å². The zero-order chi connectivity index (χ0) is 21.1. The third kappa shape index (κ3) is 15.1. The Morgan fingerprint density at radius 1 is 0.926 bits per heavy atom. The van der Waals surface area contributed by atoms with E-state index in [9.17, 15) is 14.4 Å². The predicted octanol–water partition coefficient (Wildman–Crippen LogP) is 1.55. The lowest BCUT2D eigenvalue weighted by Gasteiger charge is -2.23. The van der Waals surface area contributed by atoms with Crippen LogP contribution in [0.2, 0.25) is 0 Å². The van der Waals surface area contributed by atoms with Gasteiger partial charge in [-0.15, -0.1) is 0 Å². The zero-order valence-electron chi connectivity index (χ0n) is 17.6. The van der Waals surface area contributed by atoms with Crippen molar-refractivity contribution in [1.82, 2.24) is 5.32 Å². The molecule has 0 heterocycles. The van der Waals surface area contributed by atoms with E-state index in [2.05, 4.69) is 5.32 Å². The van der Waals surface area contributed by atoms with Crippen LogP contribution < -0.4 is 11.1 Å². The fraction of sp³-hybridized carbons (Fsp3) is 0.842. The molecule has 0 bridgehead atoms. The highest BCUT2D eigenvalue weighted by atomic mass is 16.6. The number of ether oxygens (including phenoxy) is 3. The van der Waals surface area contributed by atoms with E-state index in [0.29, 0.717) is 26.3 Å². The van der Waals surface area contributed by atoms with Crippen molar-refractivity contribution in [2.24, 2.45) is 11.7 Å². The first kappa shape index (κ1) is 25.3. The van der Waals surface area contributed by atoms with Crippen LogP contribution in [0.15, 0.2) is 0 Å². The second-order valence-corrected chi connectivity index (χ2v) is 8.30. The predicted molar refractivity (Wildman–Crippen MR) is 102 cm³/mol. The number of amides is 1. The Bertz CT molecular complexity index is 480. The van der Waals surface area contributed by atoms with Gasteiger partial charge in [0.15, 0.2) is 0 Å². The summed E-state index contributed by atoms with van der Waals surface area (Å²) in [6.07, 6.45) is 0.140. The van der Waals surface area contributed by atoms with Crippen LogP contribution in [0.5, 0.6) is 0 Å². The lowest BCUT2D eigenvalue weighted by molar-refractivity contribution is -0.159. The molecule has 1 atom stereocenters. The Labute approximate surface area is 162 Å². The summed E-state index contributed by atoms with van der Waals surface area (Å²) in [5, 5.41) is 2.72. The molecule has 0 aromatic carbocycles. The second kappa shape index (κ2) is 11.9. The van der Waals surface area contributed by atoms with E-state index in [1.54, 1.807) is 41.5 Å². The number of hydrogen-bond donors (Lipinski definition) is 2. The quantitative estimate of drug-likeness (QED) is 0.407. The number of rotatable bonds is 11. The standard InChI is InChI=1S/C19H36N2O6/c1-18(2,3)26-15(22)8-7-14(13-16(23)27-19(4,5)6)17(24)21-10-12-25-11-9-20/h14H,7-13,20H2,1-6H3,(H,21,24). The van der Waals surface area contributed by atoms with Crippen molar-refractivity contribution < 1.29 is 28.6 Å². The lowest BCUT2D eigenvalue weighted by Crippen LogP contribution is -2.36. The van der Waals surface area contributed by atoms with Crippen molar-refractivity contribution in [3.8, 4) is 0 Å². The van der Waals surface area contributed by atoms with Crippen LogP contribution in [-0.4, -0.2) is 55.4 Å². The molecule has 0 saturated heterocycles. The first-order valence-corrected chi connectivity index (χ1v) is 9.33. The summed E-state index contributed by atoms with van der Waals surface area (Å²) in [6, 6.07) is 0. The summed E-state index contributed by atoms with van der Waals surface area (Å²) in [5.74, 6) is -1.88. The maximum absolute atomic E-state index is 12.4. The number of carbonyl (C=O) groups is 3. The monoisotopic (exact) mass is 388 g/mol. The highest BCUT2D eigenvalue weighted by Gasteiger charge is 2.27. The van der Waals surface area contributed by atoms with Gasteiger partial charge in [0.1, 0.15) is 11.2 Å². The Kier molecular flexibility index (Phi) is 11.2. The van der Waals surface area contributed by atoms with Crippen LogP contribution in [0.4, 0.5) is 0 Å². The van der Waals surface area contributed by atoms with Crippen LogP contribution in [-0.2, 0) is 28.6 Å². The summed E-state index contributed by atoms with van der Waals surface area (Å²) in [6.45, 7) is 12.1. The molecule has 1 unspecified atom stereocenters. The zero-order valence-corrected chi connectivity index (χ0v) is 17.6. The molecule has 1 amide bonds. The van der Waals surface area contributed by atoms with Gasteiger partial charge in [0.25, 0.3) is 0 Å². The Hall–Kier alpha value is -1.67. The van der Waals surface area contributed by atoms with Gasteiger partial charge in [-0.2, -0.15) is 0 Å². The Balaban J connectivity index is 4.71. The molecule has 158 valence electrons. The highest BCUT2D eigenvalue weighted by Crippen LogP contribution is 2.18. The molecule has 8 nitrogen and oxygen atoms in total. The van der Waals surface area contributed by atoms with E-state index >= 15 is 0 Å². The van der Waals surface area contributed by atoms with E-state index in [0.717, 1.165) is 0 Å². The second-order valence-electron chi connectivity index (χ2n) is 8.30. The Morgan fingerprint density at radius 2 is 1.48 bits per heavy atom. The average molecular weight is 389 g/mol. The van der Waals surface area contributed by atoms with Crippen LogP contribution in [0.1, 0.15) is 60.8 Å². The lowest BCUT2D eigenvalue weighted by atomic mass is 9.98. The van der Waals surface area contributed by atoms with Gasteiger partial charge in [-0.25, -0.2) is 0 Å². The topological polar surface area (TPSA) is 117 Å². The number of carbonyl (C=O) groups excluding carboxylic acids is 3. The van der Waals surface area contributed by atoms with E-state index in [-0.39, 0.29) is 25.2 Å². The van der Waals surface area contributed by atoms with E-state index in [1.165, 1.54) is 0 Å². The maximum atomic E-state index is 12.4. The van der Waals surface area contributed by atoms with Gasteiger partial charge < -0.3 is 25.3 Å². The molecule has 8 heteroatoms. The van der Waals surface area contributed by atoms with Gasteiger partial charge in [-0.3, -0.25) is 14.4 Å². The minimum atomic E-state index is -0.679. The summed E-state index contributed by atoms with van der Waals surface area (Å²) < 4.78 is 15.8. The molecule has 0 aliphatic carbocycles. The minimum Gasteiger partial charge on any atom is -0.460 e. The molecule has 0 fully saturated rings. The molecule has 0 rings (SSSR count). The number of nitrogens with one attached hydrogen (secondary N) is 1. The highest BCUT2D eigenvalue weighted by molar-refractivity contribution is 5.84. The molecule has 0 aromatic rings. The van der Waals surface area contributed by atoms with Gasteiger partial charge in [-0.05, 0) is 48.0 Å². The smallest absolute Gasteiger partial charge is 0.307 e. The van der Waals surface area contributed by atoms with Crippen LogP contribution >= 0.6 is 0 Å². The number of esters is 2. The van der Waals surface area contributed by atoms with Crippen LogP contribution in [0.3, 0.4) is 0 Å². The van der Waals surface area contributed by atoms with Crippen LogP contribution in [0, 0.1) is 5.92 Å². The third-order valence-corrected chi connectivity index (χ3v) is 3.13. The van der Waals surface area contributed by atoms with Crippen molar-refractivity contribution in [2.75, 3.05) is 26.3 Å². The fourth-order valence-electron chi connectivity index (χ4n) is 2.17. The maximum Gasteiger partial charge on any atom is 0.307 e. The summed E-state index contributed by atoms with van der Waals surface area (Å²) in [4.78, 5) is 36.5. The summed E-state index contributed by atoms with van der Waals surface area (Å²) in [5.41, 5.74) is 4.09. The SMILES string of the molecule is CC(C)(C)OC(=O)CCC(CC(=O)OC(C)(C)C)C(=O)NCCOCCN. The van der Waals surface area contributed by atoms with Crippen molar-refractivity contribution in [3.05, 3.63) is 0 Å². The number of nitrogens with two attached hydrogens (primary N) is 1.